The van der Waals surface area contributed by atoms with E-state index in [0.29, 0.717) is 30.3 Å². The van der Waals surface area contributed by atoms with Gasteiger partial charge in [-0.3, -0.25) is 4.79 Å². The minimum Gasteiger partial charge on any atom is -0.497 e. The van der Waals surface area contributed by atoms with E-state index in [1.54, 1.807) is 14.2 Å². The van der Waals surface area contributed by atoms with Gasteiger partial charge < -0.3 is 24.4 Å². The Balaban J connectivity index is 1.62. The van der Waals surface area contributed by atoms with Crippen LogP contribution in [-0.2, 0) is 11.3 Å². The summed E-state index contributed by atoms with van der Waals surface area (Å²) in [5, 5.41) is 2.96. The van der Waals surface area contributed by atoms with Crippen LogP contribution in [0.2, 0.25) is 0 Å². The van der Waals surface area contributed by atoms with E-state index < -0.39 is 0 Å². The van der Waals surface area contributed by atoms with Crippen molar-refractivity contribution in [3.63, 3.8) is 0 Å². The highest BCUT2D eigenvalue weighted by atomic mass is 16.5. The Bertz CT molecular complexity index is 976. The van der Waals surface area contributed by atoms with Crippen LogP contribution in [0.3, 0.4) is 0 Å². The minimum absolute atomic E-state index is 0.0934. The second-order valence-corrected chi connectivity index (χ2v) is 6.95. The Hall–Kier alpha value is -3.51. The molecule has 0 heterocycles. The average Bonchev–Trinajstić information content (AvgIpc) is 2.76. The lowest BCUT2D eigenvalue weighted by Crippen LogP contribution is -3.08. The molecule has 0 bridgehead atoms. The molecule has 6 nitrogen and oxygen atoms in total. The third-order valence-corrected chi connectivity index (χ3v) is 4.58. The molecule has 1 atom stereocenters. The van der Waals surface area contributed by atoms with Crippen molar-refractivity contribution in [3.05, 3.63) is 78.4 Å². The second-order valence-electron chi connectivity index (χ2n) is 6.95. The summed E-state index contributed by atoms with van der Waals surface area (Å²) in [4.78, 5) is 13.7. The molecule has 0 aromatic heterocycles. The highest BCUT2D eigenvalue weighted by Gasteiger charge is 2.16. The Morgan fingerprint density at radius 1 is 0.867 bits per heavy atom. The molecule has 1 unspecified atom stereocenters. The lowest BCUT2D eigenvalue weighted by molar-refractivity contribution is -0.885. The van der Waals surface area contributed by atoms with Gasteiger partial charge in [0.2, 0.25) is 0 Å². The minimum atomic E-state index is -0.0934. The summed E-state index contributed by atoms with van der Waals surface area (Å²) < 4.78 is 16.6. The number of hydrogen-bond acceptors (Lipinski definition) is 4. The van der Waals surface area contributed by atoms with Crippen LogP contribution in [0.5, 0.6) is 23.0 Å². The maximum Gasteiger partial charge on any atom is 0.279 e. The molecule has 0 radical (unpaired) electrons. The summed E-state index contributed by atoms with van der Waals surface area (Å²) >= 11 is 0. The highest BCUT2D eigenvalue weighted by Crippen LogP contribution is 2.29. The van der Waals surface area contributed by atoms with Crippen molar-refractivity contribution in [3.8, 4) is 23.0 Å². The molecule has 1 amide bonds. The first-order valence-corrected chi connectivity index (χ1v) is 9.73. The third-order valence-electron chi connectivity index (χ3n) is 4.58. The molecule has 0 fully saturated rings. The zero-order valence-electron chi connectivity index (χ0n) is 17.5. The SMILES string of the molecule is COc1ccc(C[NH+](C)CC(=O)Nc2ccccc2Oc2ccccc2)c(OC)c1. The Kier molecular flexibility index (Phi) is 7.29. The third kappa shape index (κ3) is 5.75. The lowest BCUT2D eigenvalue weighted by Gasteiger charge is -2.17. The molecule has 6 heteroatoms. The predicted molar refractivity (Wildman–Crippen MR) is 117 cm³/mol. The number of anilines is 1. The topological polar surface area (TPSA) is 61.2 Å². The van der Waals surface area contributed by atoms with Crippen molar-refractivity contribution in [2.75, 3.05) is 33.1 Å². The van der Waals surface area contributed by atoms with Gasteiger partial charge in [0.05, 0.1) is 27.0 Å². The van der Waals surface area contributed by atoms with Gasteiger partial charge in [-0.05, 0) is 36.4 Å². The number of quaternary nitrogens is 1. The van der Waals surface area contributed by atoms with Crippen LogP contribution in [0, 0.1) is 0 Å². The Labute approximate surface area is 177 Å². The van der Waals surface area contributed by atoms with E-state index in [0.717, 1.165) is 22.0 Å². The van der Waals surface area contributed by atoms with E-state index in [1.807, 2.05) is 79.8 Å². The molecule has 0 saturated carbocycles. The summed E-state index contributed by atoms with van der Waals surface area (Å²) in [5.74, 6) is 2.71. The largest absolute Gasteiger partial charge is 0.497 e. The van der Waals surface area contributed by atoms with Gasteiger partial charge in [0, 0.05) is 11.6 Å². The number of methoxy groups -OCH3 is 2. The number of hydrogen-bond donors (Lipinski definition) is 2. The fourth-order valence-corrected chi connectivity index (χ4v) is 3.13. The first kappa shape index (κ1) is 21.2. The molecular weight excluding hydrogens is 380 g/mol. The average molecular weight is 407 g/mol. The fourth-order valence-electron chi connectivity index (χ4n) is 3.13. The normalized spacial score (nSPS) is 11.4. The smallest absolute Gasteiger partial charge is 0.279 e. The second kappa shape index (κ2) is 10.3. The van der Waals surface area contributed by atoms with Gasteiger partial charge in [-0.2, -0.15) is 0 Å². The van der Waals surface area contributed by atoms with Crippen molar-refractivity contribution >= 4 is 11.6 Å². The molecule has 2 N–H and O–H groups in total. The van der Waals surface area contributed by atoms with Gasteiger partial charge >= 0.3 is 0 Å². The Morgan fingerprint density at radius 3 is 2.33 bits per heavy atom. The van der Waals surface area contributed by atoms with Crippen LogP contribution < -0.4 is 24.4 Å². The van der Waals surface area contributed by atoms with Crippen molar-refractivity contribution in [2.24, 2.45) is 0 Å². The van der Waals surface area contributed by atoms with Gasteiger partial charge in [0.1, 0.15) is 23.8 Å². The molecule has 0 spiro atoms. The number of ether oxygens (including phenoxy) is 3. The fraction of sp³-hybridized carbons (Fsp3) is 0.208. The molecule has 3 aromatic carbocycles. The standard InChI is InChI=1S/C24H26N2O4/c1-26(16-18-13-14-20(28-2)15-23(18)29-3)17-24(27)25-21-11-7-8-12-22(21)30-19-9-5-4-6-10-19/h4-15H,16-17H2,1-3H3,(H,25,27)/p+1. The predicted octanol–water partition coefficient (Wildman–Crippen LogP) is 3.15. The summed E-state index contributed by atoms with van der Waals surface area (Å²) in [6.07, 6.45) is 0. The zero-order chi connectivity index (χ0) is 21.3. The van der Waals surface area contributed by atoms with Gasteiger partial charge in [-0.15, -0.1) is 0 Å². The number of para-hydroxylation sites is 3. The molecule has 0 aliphatic carbocycles. The summed E-state index contributed by atoms with van der Waals surface area (Å²) in [6, 6.07) is 22.6. The van der Waals surface area contributed by atoms with Crippen molar-refractivity contribution in [1.82, 2.24) is 0 Å². The first-order chi connectivity index (χ1) is 14.6. The summed E-state index contributed by atoms with van der Waals surface area (Å²) in [6.45, 7) is 0.942. The lowest BCUT2D eigenvalue weighted by atomic mass is 10.2. The maximum atomic E-state index is 12.6. The van der Waals surface area contributed by atoms with Crippen LogP contribution >= 0.6 is 0 Å². The van der Waals surface area contributed by atoms with Crippen molar-refractivity contribution in [2.45, 2.75) is 6.54 Å². The zero-order valence-corrected chi connectivity index (χ0v) is 17.5. The molecular formula is C24H27N2O4+. The highest BCUT2D eigenvalue weighted by molar-refractivity contribution is 5.93. The maximum absolute atomic E-state index is 12.6. The first-order valence-electron chi connectivity index (χ1n) is 9.73. The molecule has 3 rings (SSSR count). The van der Waals surface area contributed by atoms with Gasteiger partial charge in [-0.25, -0.2) is 0 Å². The van der Waals surface area contributed by atoms with Gasteiger partial charge in [0.15, 0.2) is 12.3 Å². The number of rotatable bonds is 9. The van der Waals surface area contributed by atoms with Crippen LogP contribution in [0.4, 0.5) is 5.69 Å². The molecule has 156 valence electrons. The number of likely N-dealkylation sites (N-methyl/N-ethyl adjacent to an activating group) is 1. The van der Waals surface area contributed by atoms with Crippen molar-refractivity contribution in [1.29, 1.82) is 0 Å². The number of nitrogens with one attached hydrogen (secondary N) is 2. The Morgan fingerprint density at radius 2 is 1.60 bits per heavy atom. The number of amides is 1. The van der Waals surface area contributed by atoms with Gasteiger partial charge in [-0.1, -0.05) is 30.3 Å². The van der Waals surface area contributed by atoms with Crippen LogP contribution in [-0.4, -0.2) is 33.7 Å². The van der Waals surface area contributed by atoms with E-state index in [9.17, 15) is 4.79 Å². The van der Waals surface area contributed by atoms with Crippen LogP contribution in [0.1, 0.15) is 5.56 Å². The molecule has 0 saturated heterocycles. The number of carbonyl (C=O) groups is 1. The molecule has 0 aliphatic rings. The van der Waals surface area contributed by atoms with Crippen LogP contribution in [0.25, 0.3) is 0 Å². The van der Waals surface area contributed by atoms with E-state index >= 15 is 0 Å². The van der Waals surface area contributed by atoms with Gasteiger partial charge in [0.25, 0.3) is 5.91 Å². The summed E-state index contributed by atoms with van der Waals surface area (Å²) in [7, 11) is 5.22. The van der Waals surface area contributed by atoms with E-state index in [4.69, 9.17) is 14.2 Å². The monoisotopic (exact) mass is 407 g/mol. The molecule has 3 aromatic rings. The number of benzene rings is 3. The van der Waals surface area contributed by atoms with E-state index in [2.05, 4.69) is 5.32 Å². The summed E-state index contributed by atoms with van der Waals surface area (Å²) in [5.41, 5.74) is 1.65. The quantitative estimate of drug-likeness (QED) is 0.572. The number of carbonyl (C=O) groups excluding carboxylic acids is 1. The molecule has 30 heavy (non-hydrogen) atoms. The van der Waals surface area contributed by atoms with E-state index in [-0.39, 0.29) is 5.91 Å². The van der Waals surface area contributed by atoms with E-state index in [1.165, 1.54) is 0 Å². The molecule has 0 aliphatic heterocycles. The van der Waals surface area contributed by atoms with Crippen LogP contribution in [0.15, 0.2) is 72.8 Å². The van der Waals surface area contributed by atoms with Crippen molar-refractivity contribution < 1.29 is 23.9 Å².